The van der Waals surface area contributed by atoms with Gasteiger partial charge in [-0.3, -0.25) is 4.79 Å². The number of ether oxygens (including phenoxy) is 1. The van der Waals surface area contributed by atoms with Gasteiger partial charge in [0, 0.05) is 7.05 Å². The largest absolute Gasteiger partial charge is 0.462 e. The van der Waals surface area contributed by atoms with Crippen LogP contribution in [0.1, 0.15) is 40.9 Å². The molecule has 1 aliphatic rings. The van der Waals surface area contributed by atoms with Crippen molar-refractivity contribution >= 4 is 17.7 Å². The van der Waals surface area contributed by atoms with Gasteiger partial charge in [-0.25, -0.2) is 9.48 Å². The normalized spacial score (nSPS) is 15.7. The Morgan fingerprint density at radius 2 is 2.16 bits per heavy atom. The van der Waals surface area contributed by atoms with Crippen LogP contribution in [-0.4, -0.2) is 40.2 Å². The molecule has 1 unspecified atom stereocenters. The lowest BCUT2D eigenvalue weighted by atomic mass is 10.1. The predicted octanol–water partition coefficient (Wildman–Crippen LogP) is 1.79. The number of hydrogen-bond donors (Lipinski definition) is 1. The number of anilines is 1. The van der Waals surface area contributed by atoms with E-state index < -0.39 is 5.97 Å². The Bertz CT molecular complexity index is 799. The number of hydrogen-bond acceptors (Lipinski definition) is 5. The summed E-state index contributed by atoms with van der Waals surface area (Å²) in [5.74, 6) is -0.490. The number of fused-ring (bicyclic) bond motifs is 1. The molecule has 0 fully saturated rings. The zero-order valence-corrected chi connectivity index (χ0v) is 14.4. The number of esters is 1. The van der Waals surface area contributed by atoms with Gasteiger partial charge in [0.05, 0.1) is 18.8 Å². The number of amides is 1. The monoisotopic (exact) mass is 342 g/mol. The molecule has 0 spiro atoms. The highest BCUT2D eigenvalue weighted by Crippen LogP contribution is 2.34. The Hall–Kier alpha value is -2.83. The number of benzene rings is 1. The first-order chi connectivity index (χ1) is 12.0. The van der Waals surface area contributed by atoms with Crippen LogP contribution in [0, 0.1) is 0 Å². The topological polar surface area (TPSA) is 90.4 Å². The van der Waals surface area contributed by atoms with Crippen LogP contribution in [0.25, 0.3) is 0 Å². The first-order valence-electron chi connectivity index (χ1n) is 8.34. The smallest absolute Gasteiger partial charge is 0.343 e. The molecule has 0 bridgehead atoms. The Morgan fingerprint density at radius 1 is 1.40 bits per heavy atom. The maximum absolute atomic E-state index is 12.7. The molecule has 0 radical (unpaired) electrons. The zero-order valence-electron chi connectivity index (χ0n) is 14.4. The van der Waals surface area contributed by atoms with E-state index in [1.165, 1.54) is 22.0 Å². The second-order valence-corrected chi connectivity index (χ2v) is 6.08. The first kappa shape index (κ1) is 17.0. The molecular formula is C18H22N4O3. The van der Waals surface area contributed by atoms with E-state index in [9.17, 15) is 9.59 Å². The molecule has 7 nitrogen and oxygen atoms in total. The summed E-state index contributed by atoms with van der Waals surface area (Å²) in [6.07, 6.45) is 3.21. The minimum absolute atomic E-state index is 0.0135. The zero-order chi connectivity index (χ0) is 18.0. The maximum atomic E-state index is 12.7. The predicted molar refractivity (Wildman–Crippen MR) is 92.9 cm³/mol. The van der Waals surface area contributed by atoms with E-state index >= 15 is 0 Å². The van der Waals surface area contributed by atoms with Crippen molar-refractivity contribution in [2.75, 3.05) is 19.4 Å². The van der Waals surface area contributed by atoms with Crippen LogP contribution >= 0.6 is 0 Å². The molecule has 1 heterocycles. The van der Waals surface area contributed by atoms with Crippen molar-refractivity contribution in [3.63, 3.8) is 0 Å². The van der Waals surface area contributed by atoms with Crippen LogP contribution in [0.3, 0.4) is 0 Å². The number of likely N-dealkylation sites (N-methyl/N-ethyl adjacent to an activating group) is 1. The molecule has 0 saturated heterocycles. The summed E-state index contributed by atoms with van der Waals surface area (Å²) in [4.78, 5) is 26.2. The maximum Gasteiger partial charge on any atom is 0.343 e. The van der Waals surface area contributed by atoms with E-state index in [0.717, 1.165) is 12.8 Å². The average molecular weight is 342 g/mol. The summed E-state index contributed by atoms with van der Waals surface area (Å²) >= 11 is 0. The summed E-state index contributed by atoms with van der Waals surface area (Å²) < 4.78 is 6.27. The van der Waals surface area contributed by atoms with Crippen molar-refractivity contribution in [3.05, 3.63) is 47.2 Å². The number of aryl methyl sites for hydroxylation is 1. The van der Waals surface area contributed by atoms with Crippen LogP contribution < -0.4 is 5.73 Å². The lowest BCUT2D eigenvalue weighted by Gasteiger charge is -2.25. The SMILES string of the molecule is CCOC(=O)c1cnn(CC(=O)N(C)C2CCc3ccccc32)c1N. The lowest BCUT2D eigenvalue weighted by molar-refractivity contribution is -0.132. The number of nitrogen functional groups attached to an aromatic ring is 1. The van der Waals surface area contributed by atoms with Gasteiger partial charge in [-0.1, -0.05) is 24.3 Å². The first-order valence-corrected chi connectivity index (χ1v) is 8.34. The van der Waals surface area contributed by atoms with Gasteiger partial charge in [-0.2, -0.15) is 5.10 Å². The van der Waals surface area contributed by atoms with Crippen LogP contribution in [0.15, 0.2) is 30.5 Å². The quantitative estimate of drug-likeness (QED) is 0.837. The molecule has 1 atom stereocenters. The fraction of sp³-hybridized carbons (Fsp3) is 0.389. The molecule has 1 aromatic carbocycles. The highest BCUT2D eigenvalue weighted by molar-refractivity contribution is 5.94. The number of aromatic nitrogens is 2. The van der Waals surface area contributed by atoms with Crippen LogP contribution in [0.2, 0.25) is 0 Å². The Morgan fingerprint density at radius 3 is 2.92 bits per heavy atom. The minimum atomic E-state index is -0.531. The molecule has 0 aliphatic heterocycles. The van der Waals surface area contributed by atoms with Crippen LogP contribution in [0.5, 0.6) is 0 Å². The van der Waals surface area contributed by atoms with Gasteiger partial charge in [0.2, 0.25) is 5.91 Å². The number of rotatable bonds is 5. The van der Waals surface area contributed by atoms with E-state index in [1.807, 2.05) is 12.1 Å². The summed E-state index contributed by atoms with van der Waals surface area (Å²) in [7, 11) is 1.79. The summed E-state index contributed by atoms with van der Waals surface area (Å²) in [6.45, 7) is 1.96. The van der Waals surface area contributed by atoms with Crippen molar-refractivity contribution < 1.29 is 14.3 Å². The molecule has 7 heteroatoms. The van der Waals surface area contributed by atoms with E-state index in [0.29, 0.717) is 0 Å². The van der Waals surface area contributed by atoms with Gasteiger partial charge >= 0.3 is 5.97 Å². The molecule has 1 amide bonds. The molecule has 3 rings (SSSR count). The fourth-order valence-corrected chi connectivity index (χ4v) is 3.24. The van der Waals surface area contributed by atoms with Gasteiger partial charge < -0.3 is 15.4 Å². The van der Waals surface area contributed by atoms with Crippen LogP contribution in [-0.2, 0) is 22.5 Å². The second-order valence-electron chi connectivity index (χ2n) is 6.08. The Kier molecular flexibility index (Phi) is 4.74. The third-order valence-corrected chi connectivity index (χ3v) is 4.62. The number of nitrogens with two attached hydrogens (primary N) is 1. The van der Waals surface area contributed by atoms with E-state index in [-0.39, 0.29) is 36.5 Å². The average Bonchev–Trinajstić information content (AvgIpc) is 3.19. The standard InChI is InChI=1S/C18H22N4O3/c1-3-25-18(24)14-10-20-22(17(14)19)11-16(23)21(2)15-9-8-12-6-4-5-7-13(12)15/h4-7,10,15H,3,8-9,11,19H2,1-2H3. The van der Waals surface area contributed by atoms with Crippen molar-refractivity contribution in [1.29, 1.82) is 0 Å². The van der Waals surface area contributed by atoms with E-state index in [4.69, 9.17) is 10.5 Å². The molecule has 132 valence electrons. The van der Waals surface area contributed by atoms with E-state index in [1.54, 1.807) is 18.9 Å². The number of carbonyl (C=O) groups excluding carboxylic acids is 2. The molecule has 2 aromatic rings. The number of nitrogens with zero attached hydrogens (tertiary/aromatic N) is 3. The molecule has 1 aliphatic carbocycles. The second kappa shape index (κ2) is 6.96. The van der Waals surface area contributed by atoms with Gasteiger partial charge in [-0.05, 0) is 30.9 Å². The molecule has 25 heavy (non-hydrogen) atoms. The van der Waals surface area contributed by atoms with Crippen molar-refractivity contribution in [2.24, 2.45) is 0 Å². The highest BCUT2D eigenvalue weighted by atomic mass is 16.5. The van der Waals surface area contributed by atoms with Crippen molar-refractivity contribution in [3.8, 4) is 0 Å². The Balaban J connectivity index is 1.72. The summed E-state index contributed by atoms with van der Waals surface area (Å²) in [5.41, 5.74) is 8.61. The lowest BCUT2D eigenvalue weighted by Crippen LogP contribution is -2.33. The Labute approximate surface area is 146 Å². The molecular weight excluding hydrogens is 320 g/mol. The molecule has 0 saturated carbocycles. The van der Waals surface area contributed by atoms with Crippen LogP contribution in [0.4, 0.5) is 5.82 Å². The number of carbonyl (C=O) groups is 2. The van der Waals surface area contributed by atoms with Crippen molar-refractivity contribution in [2.45, 2.75) is 32.4 Å². The summed E-state index contributed by atoms with van der Waals surface area (Å²) in [5, 5.41) is 4.06. The molecule has 1 aromatic heterocycles. The van der Waals surface area contributed by atoms with E-state index in [2.05, 4.69) is 17.2 Å². The van der Waals surface area contributed by atoms with Gasteiger partial charge in [-0.15, -0.1) is 0 Å². The van der Waals surface area contributed by atoms with Gasteiger partial charge in [0.1, 0.15) is 17.9 Å². The highest BCUT2D eigenvalue weighted by Gasteiger charge is 2.29. The van der Waals surface area contributed by atoms with Gasteiger partial charge in [0.15, 0.2) is 0 Å². The summed E-state index contributed by atoms with van der Waals surface area (Å²) in [6, 6.07) is 8.24. The fourth-order valence-electron chi connectivity index (χ4n) is 3.24. The third-order valence-electron chi connectivity index (χ3n) is 4.62. The molecule has 2 N–H and O–H groups in total. The third kappa shape index (κ3) is 3.22. The minimum Gasteiger partial charge on any atom is -0.462 e. The van der Waals surface area contributed by atoms with Gasteiger partial charge in [0.25, 0.3) is 0 Å². The van der Waals surface area contributed by atoms with Crippen molar-refractivity contribution in [1.82, 2.24) is 14.7 Å².